The van der Waals surface area contributed by atoms with Crippen LogP contribution in [0.25, 0.3) is 0 Å². The van der Waals surface area contributed by atoms with Gasteiger partial charge in [-0.15, -0.1) is 11.6 Å². The first kappa shape index (κ1) is 9.40. The molecule has 0 saturated carbocycles. The fraction of sp³-hybridized carbons (Fsp3) is 0.400. The highest BCUT2D eigenvalue weighted by Crippen LogP contribution is 2.29. The van der Waals surface area contributed by atoms with E-state index in [0.29, 0.717) is 5.92 Å². The van der Waals surface area contributed by atoms with E-state index in [4.69, 9.17) is 16.7 Å². The molecular formula is C10H13ClO. The smallest absolute Gasteiger partial charge is 0.115 e. The second-order valence-corrected chi connectivity index (χ2v) is 3.71. The summed E-state index contributed by atoms with van der Waals surface area (Å²) in [7, 11) is 0. The maximum absolute atomic E-state index is 9.03. The highest BCUT2D eigenvalue weighted by Gasteiger charge is 2.11. The molecule has 0 aliphatic rings. The lowest BCUT2D eigenvalue weighted by atomic mass is 10.0. The molecule has 1 aromatic carbocycles. The summed E-state index contributed by atoms with van der Waals surface area (Å²) in [6.07, 6.45) is 0. The Labute approximate surface area is 78.0 Å². The van der Waals surface area contributed by atoms with Crippen LogP contribution in [0, 0.1) is 5.92 Å². The van der Waals surface area contributed by atoms with Crippen LogP contribution in [0.3, 0.4) is 0 Å². The second kappa shape index (κ2) is 3.81. The zero-order chi connectivity index (χ0) is 9.14. The van der Waals surface area contributed by atoms with Crippen molar-refractivity contribution in [3.8, 4) is 5.75 Å². The van der Waals surface area contributed by atoms with Gasteiger partial charge in [0.05, 0.1) is 5.38 Å². The second-order valence-electron chi connectivity index (χ2n) is 3.24. The third-order valence-corrected chi connectivity index (χ3v) is 2.55. The molecule has 0 bridgehead atoms. The Morgan fingerprint density at radius 1 is 1.17 bits per heavy atom. The molecule has 1 N–H and O–H groups in total. The molecule has 0 radical (unpaired) electrons. The molecule has 0 amide bonds. The first-order valence-electron chi connectivity index (χ1n) is 4.04. The summed E-state index contributed by atoms with van der Waals surface area (Å²) in [6.45, 7) is 4.15. The van der Waals surface area contributed by atoms with Crippen LogP contribution < -0.4 is 0 Å². The highest BCUT2D eigenvalue weighted by molar-refractivity contribution is 6.20. The highest BCUT2D eigenvalue weighted by atomic mass is 35.5. The summed E-state index contributed by atoms with van der Waals surface area (Å²) in [4.78, 5) is 0. The van der Waals surface area contributed by atoms with Crippen LogP contribution in [0.4, 0.5) is 0 Å². The Morgan fingerprint density at radius 3 is 2.08 bits per heavy atom. The predicted octanol–water partition coefficient (Wildman–Crippen LogP) is 3.33. The number of halogens is 1. The van der Waals surface area contributed by atoms with E-state index in [2.05, 4.69) is 13.8 Å². The van der Waals surface area contributed by atoms with Gasteiger partial charge >= 0.3 is 0 Å². The van der Waals surface area contributed by atoms with Crippen molar-refractivity contribution in [2.24, 2.45) is 5.92 Å². The Morgan fingerprint density at radius 2 is 1.67 bits per heavy atom. The maximum Gasteiger partial charge on any atom is 0.115 e. The lowest BCUT2D eigenvalue weighted by Gasteiger charge is -2.13. The lowest BCUT2D eigenvalue weighted by molar-refractivity contribution is 0.474. The number of phenolic OH excluding ortho intramolecular Hbond substituents is 1. The van der Waals surface area contributed by atoms with Crippen LogP contribution >= 0.6 is 11.6 Å². The molecule has 1 unspecified atom stereocenters. The van der Waals surface area contributed by atoms with E-state index in [1.165, 1.54) is 0 Å². The Bertz CT molecular complexity index is 241. The third-order valence-electron chi connectivity index (χ3n) is 1.80. The van der Waals surface area contributed by atoms with Crippen LogP contribution in [0.5, 0.6) is 5.75 Å². The van der Waals surface area contributed by atoms with Gasteiger partial charge in [0.1, 0.15) is 5.75 Å². The van der Waals surface area contributed by atoms with E-state index in [9.17, 15) is 0 Å². The van der Waals surface area contributed by atoms with Crippen LogP contribution in [-0.2, 0) is 0 Å². The molecule has 12 heavy (non-hydrogen) atoms. The summed E-state index contributed by atoms with van der Waals surface area (Å²) in [6, 6.07) is 7.03. The van der Waals surface area contributed by atoms with Crippen molar-refractivity contribution in [2.75, 3.05) is 0 Å². The number of rotatable bonds is 2. The van der Waals surface area contributed by atoms with Gasteiger partial charge in [-0.25, -0.2) is 0 Å². The van der Waals surface area contributed by atoms with Gasteiger partial charge in [0.15, 0.2) is 0 Å². The Balaban J connectivity index is 2.82. The van der Waals surface area contributed by atoms with Gasteiger partial charge in [-0.05, 0) is 23.6 Å². The third kappa shape index (κ3) is 2.15. The van der Waals surface area contributed by atoms with Crippen molar-refractivity contribution in [2.45, 2.75) is 19.2 Å². The van der Waals surface area contributed by atoms with Crippen molar-refractivity contribution in [1.82, 2.24) is 0 Å². The molecule has 0 saturated heterocycles. The number of benzene rings is 1. The van der Waals surface area contributed by atoms with Crippen molar-refractivity contribution >= 4 is 11.6 Å². The average molecular weight is 185 g/mol. The van der Waals surface area contributed by atoms with Gasteiger partial charge in [0.25, 0.3) is 0 Å². The summed E-state index contributed by atoms with van der Waals surface area (Å²) >= 11 is 6.11. The molecule has 1 rings (SSSR count). The first-order chi connectivity index (χ1) is 5.61. The van der Waals surface area contributed by atoms with E-state index in [1.807, 2.05) is 12.1 Å². The largest absolute Gasteiger partial charge is 0.508 e. The molecule has 0 fully saturated rings. The Kier molecular flexibility index (Phi) is 2.99. The first-order valence-corrected chi connectivity index (χ1v) is 4.48. The molecule has 0 aromatic heterocycles. The molecule has 0 heterocycles. The van der Waals surface area contributed by atoms with E-state index in [-0.39, 0.29) is 11.1 Å². The molecule has 1 aromatic rings. The molecule has 0 aliphatic carbocycles. The fourth-order valence-corrected chi connectivity index (χ4v) is 1.19. The van der Waals surface area contributed by atoms with Gasteiger partial charge in [0, 0.05) is 0 Å². The minimum atomic E-state index is 0.0330. The monoisotopic (exact) mass is 184 g/mol. The number of hydrogen-bond acceptors (Lipinski definition) is 1. The fourth-order valence-electron chi connectivity index (χ4n) is 1.04. The minimum Gasteiger partial charge on any atom is -0.508 e. The van der Waals surface area contributed by atoms with Gasteiger partial charge < -0.3 is 5.11 Å². The molecule has 0 aliphatic heterocycles. The topological polar surface area (TPSA) is 20.2 Å². The van der Waals surface area contributed by atoms with Gasteiger partial charge in [-0.1, -0.05) is 26.0 Å². The molecule has 1 atom stereocenters. The summed E-state index contributed by atoms with van der Waals surface area (Å²) in [5.41, 5.74) is 1.06. The molecular weight excluding hydrogens is 172 g/mol. The summed E-state index contributed by atoms with van der Waals surface area (Å²) < 4.78 is 0. The molecule has 1 nitrogen and oxygen atoms in total. The van der Waals surface area contributed by atoms with Crippen LogP contribution in [0.1, 0.15) is 24.8 Å². The lowest BCUT2D eigenvalue weighted by Crippen LogP contribution is -1.98. The SMILES string of the molecule is CC(C)C(Cl)c1ccc(O)cc1. The van der Waals surface area contributed by atoms with Gasteiger partial charge in [0.2, 0.25) is 0 Å². The average Bonchev–Trinajstić information content (AvgIpc) is 2.04. The molecule has 0 spiro atoms. The summed E-state index contributed by atoms with van der Waals surface area (Å²) in [5, 5.41) is 9.07. The Hall–Kier alpha value is -0.690. The zero-order valence-corrected chi connectivity index (χ0v) is 8.05. The number of phenols is 1. The van der Waals surface area contributed by atoms with E-state index >= 15 is 0 Å². The normalized spacial score (nSPS) is 13.3. The summed E-state index contributed by atoms with van der Waals surface area (Å²) in [5.74, 6) is 0.697. The maximum atomic E-state index is 9.03. The van der Waals surface area contributed by atoms with Crippen LogP contribution in [-0.4, -0.2) is 5.11 Å². The standard InChI is InChI=1S/C10H13ClO/c1-7(2)10(11)8-3-5-9(12)6-4-8/h3-7,10,12H,1-2H3. The van der Waals surface area contributed by atoms with Crippen molar-refractivity contribution < 1.29 is 5.11 Å². The molecule has 2 heteroatoms. The van der Waals surface area contributed by atoms with Gasteiger partial charge in [-0.3, -0.25) is 0 Å². The number of alkyl halides is 1. The molecule has 66 valence electrons. The van der Waals surface area contributed by atoms with Crippen LogP contribution in [0.2, 0.25) is 0 Å². The number of aromatic hydroxyl groups is 1. The predicted molar refractivity (Wildman–Crippen MR) is 51.5 cm³/mol. The van der Waals surface area contributed by atoms with E-state index < -0.39 is 0 Å². The quantitative estimate of drug-likeness (QED) is 0.700. The number of hydrogen-bond donors (Lipinski definition) is 1. The van der Waals surface area contributed by atoms with E-state index in [0.717, 1.165) is 5.56 Å². The van der Waals surface area contributed by atoms with Crippen molar-refractivity contribution in [3.05, 3.63) is 29.8 Å². The van der Waals surface area contributed by atoms with Crippen molar-refractivity contribution in [3.63, 3.8) is 0 Å². The van der Waals surface area contributed by atoms with Crippen LogP contribution in [0.15, 0.2) is 24.3 Å². The van der Waals surface area contributed by atoms with Gasteiger partial charge in [-0.2, -0.15) is 0 Å². The zero-order valence-electron chi connectivity index (χ0n) is 7.29. The van der Waals surface area contributed by atoms with Crippen molar-refractivity contribution in [1.29, 1.82) is 0 Å². The van der Waals surface area contributed by atoms with E-state index in [1.54, 1.807) is 12.1 Å². The minimum absolute atomic E-state index is 0.0330.